The number of unbranched alkanes of at least 4 members (excludes halogenated alkanes) is 4. The van der Waals surface area contributed by atoms with E-state index in [4.69, 9.17) is 0 Å². The van der Waals surface area contributed by atoms with Gasteiger partial charge in [-0.3, -0.25) is 9.41 Å². The van der Waals surface area contributed by atoms with Crippen LogP contribution in [0, 0.1) is 0 Å². The Kier molecular flexibility index (Phi) is 55.8. The zero-order valence-corrected chi connectivity index (χ0v) is 15.6. The highest BCUT2D eigenvalue weighted by Gasteiger charge is 2.24. The third-order valence-corrected chi connectivity index (χ3v) is 3.94. The lowest BCUT2D eigenvalue weighted by molar-refractivity contribution is -0.929. The molecule has 7 heteroatoms. The minimum atomic E-state index is 0. The summed E-state index contributed by atoms with van der Waals surface area (Å²) in [5.41, 5.74) is 0. The van der Waals surface area contributed by atoms with Gasteiger partial charge in [-0.25, -0.2) is 0 Å². The van der Waals surface area contributed by atoms with Crippen molar-refractivity contribution in [2.45, 2.75) is 79.1 Å². The Hall–Kier alpha value is -0.370. The van der Waals surface area contributed by atoms with Crippen molar-refractivity contribution in [2.75, 3.05) is 26.2 Å². The van der Waals surface area contributed by atoms with E-state index in [1.54, 1.807) is 0 Å². The monoisotopic (exact) mass is 355 g/mol. The van der Waals surface area contributed by atoms with Gasteiger partial charge in [-0.05, 0) is 25.7 Å². The zero-order valence-electron chi connectivity index (χ0n) is 15.6. The highest BCUT2D eigenvalue weighted by molar-refractivity contribution is 4.49. The molecular formula is C16H44F3NO3. The highest BCUT2D eigenvalue weighted by atomic mass is 19.0. The molecule has 0 bridgehead atoms. The molecule has 0 unspecified atom stereocenters. The van der Waals surface area contributed by atoms with Crippen molar-refractivity contribution < 1.29 is 35.0 Å². The largest absolute Gasteiger partial charge is 1.00 e. The Morgan fingerprint density at radius 2 is 0.652 bits per heavy atom. The predicted octanol–water partition coefficient (Wildman–Crippen LogP) is -0.161. The SMILES string of the molecule is CCCC[N+](CCCC)(CCCC)CCCC.F.F.O.O.O.[F-]. The van der Waals surface area contributed by atoms with E-state index >= 15 is 0 Å². The molecule has 0 saturated heterocycles. The number of nitrogens with zero attached hydrogens (tertiary/aromatic N) is 1. The molecule has 0 aliphatic rings. The molecule has 0 aliphatic carbocycles. The molecule has 0 saturated carbocycles. The maximum atomic E-state index is 2.33. The lowest BCUT2D eigenvalue weighted by Gasteiger charge is -2.39. The number of halogens is 3. The van der Waals surface area contributed by atoms with Gasteiger partial charge < -0.3 is 25.6 Å². The third kappa shape index (κ3) is 21.6. The smallest absolute Gasteiger partial charge is 0.0786 e. The van der Waals surface area contributed by atoms with E-state index in [0.717, 1.165) is 0 Å². The summed E-state index contributed by atoms with van der Waals surface area (Å²) in [6.07, 6.45) is 11.1. The Morgan fingerprint density at radius 1 is 0.478 bits per heavy atom. The van der Waals surface area contributed by atoms with E-state index in [9.17, 15) is 0 Å². The summed E-state index contributed by atoms with van der Waals surface area (Å²) in [5.74, 6) is 0. The fraction of sp³-hybridized carbons (Fsp3) is 1.00. The fourth-order valence-corrected chi connectivity index (χ4v) is 2.64. The van der Waals surface area contributed by atoms with Crippen molar-refractivity contribution in [3.8, 4) is 0 Å². The molecule has 0 aromatic heterocycles. The molecule has 0 aromatic rings. The average molecular weight is 356 g/mol. The van der Waals surface area contributed by atoms with Crippen LogP contribution in [0.3, 0.4) is 0 Å². The average Bonchev–Trinajstić information content (AvgIpc) is 2.37. The van der Waals surface area contributed by atoms with Gasteiger partial charge in [0.2, 0.25) is 0 Å². The zero-order chi connectivity index (χ0) is 13.0. The molecule has 0 amide bonds. The summed E-state index contributed by atoms with van der Waals surface area (Å²) in [5, 5.41) is 0. The standard InChI is InChI=1S/C16H36N.3FH.3H2O/c1-5-9-13-17(14-10-6-2,15-11-7-3)16-12-8-4;;;;;;/h5-16H2,1-4H3;3*1H;3*1H2/q+1;;;;;;/p-1. The van der Waals surface area contributed by atoms with Gasteiger partial charge in [0.05, 0.1) is 26.2 Å². The van der Waals surface area contributed by atoms with Crippen LogP contribution < -0.4 is 4.70 Å². The second-order valence-corrected chi connectivity index (χ2v) is 5.65. The Balaban J connectivity index is -0.0000000853. The first-order valence-corrected chi connectivity index (χ1v) is 8.09. The van der Waals surface area contributed by atoms with Gasteiger partial charge in [-0.1, -0.05) is 53.4 Å². The lowest BCUT2D eigenvalue weighted by atomic mass is 10.1. The lowest BCUT2D eigenvalue weighted by Crippen LogP contribution is -3.00. The van der Waals surface area contributed by atoms with Crippen LogP contribution >= 0.6 is 0 Å². The van der Waals surface area contributed by atoms with Crippen LogP contribution in [0.25, 0.3) is 0 Å². The summed E-state index contributed by atoms with van der Waals surface area (Å²) in [7, 11) is 0. The Labute approximate surface area is 141 Å². The molecule has 0 fully saturated rings. The first-order valence-electron chi connectivity index (χ1n) is 8.09. The molecular weight excluding hydrogens is 311 g/mol. The van der Waals surface area contributed by atoms with Crippen LogP contribution in [0.4, 0.5) is 9.41 Å². The first kappa shape index (κ1) is 43.3. The predicted molar refractivity (Wildman–Crippen MR) is 95.2 cm³/mol. The van der Waals surface area contributed by atoms with E-state index in [1.807, 2.05) is 0 Å². The molecule has 0 radical (unpaired) electrons. The van der Waals surface area contributed by atoms with Crippen molar-refractivity contribution in [3.05, 3.63) is 0 Å². The van der Waals surface area contributed by atoms with Gasteiger partial charge >= 0.3 is 0 Å². The normalized spacial score (nSPS) is 8.87. The van der Waals surface area contributed by atoms with E-state index in [0.29, 0.717) is 0 Å². The number of rotatable bonds is 12. The number of hydrogen-bond acceptors (Lipinski definition) is 0. The summed E-state index contributed by atoms with van der Waals surface area (Å²) >= 11 is 0. The van der Waals surface area contributed by atoms with Crippen LogP contribution in [0.1, 0.15) is 79.1 Å². The van der Waals surface area contributed by atoms with E-state index in [1.165, 1.54) is 82.0 Å². The summed E-state index contributed by atoms with van der Waals surface area (Å²) in [4.78, 5) is 0. The van der Waals surface area contributed by atoms with Gasteiger partial charge in [0, 0.05) is 0 Å². The maximum absolute atomic E-state index is 2.33. The van der Waals surface area contributed by atoms with E-state index < -0.39 is 0 Å². The highest BCUT2D eigenvalue weighted by Crippen LogP contribution is 2.16. The topological polar surface area (TPSA) is 94.5 Å². The summed E-state index contributed by atoms with van der Waals surface area (Å²) < 4.78 is 1.42. The van der Waals surface area contributed by atoms with Crippen LogP contribution in [-0.2, 0) is 0 Å². The molecule has 4 nitrogen and oxygen atoms in total. The van der Waals surface area contributed by atoms with Gasteiger partial charge in [-0.2, -0.15) is 0 Å². The van der Waals surface area contributed by atoms with Gasteiger partial charge in [0.1, 0.15) is 0 Å². The summed E-state index contributed by atoms with van der Waals surface area (Å²) in [6, 6.07) is 0. The van der Waals surface area contributed by atoms with Crippen molar-refractivity contribution in [1.82, 2.24) is 0 Å². The molecule has 0 rings (SSSR count). The molecule has 0 heterocycles. The van der Waals surface area contributed by atoms with Gasteiger partial charge in [0.15, 0.2) is 0 Å². The van der Waals surface area contributed by atoms with Crippen LogP contribution in [0.2, 0.25) is 0 Å². The van der Waals surface area contributed by atoms with E-state index in [2.05, 4.69) is 27.7 Å². The van der Waals surface area contributed by atoms with Crippen LogP contribution in [0.15, 0.2) is 0 Å². The van der Waals surface area contributed by atoms with Crippen LogP contribution in [0.5, 0.6) is 0 Å². The van der Waals surface area contributed by atoms with Crippen molar-refractivity contribution >= 4 is 0 Å². The molecule has 0 atom stereocenters. The van der Waals surface area contributed by atoms with Crippen molar-refractivity contribution in [2.24, 2.45) is 0 Å². The third-order valence-electron chi connectivity index (χ3n) is 3.94. The van der Waals surface area contributed by atoms with Crippen molar-refractivity contribution in [3.63, 3.8) is 0 Å². The number of quaternary nitrogens is 1. The fourth-order valence-electron chi connectivity index (χ4n) is 2.64. The molecule has 6 N–H and O–H groups in total. The Morgan fingerprint density at radius 3 is 0.783 bits per heavy atom. The summed E-state index contributed by atoms with van der Waals surface area (Å²) in [6.45, 7) is 15.0. The van der Waals surface area contributed by atoms with Gasteiger partial charge in [-0.15, -0.1) is 0 Å². The molecule has 23 heavy (non-hydrogen) atoms. The van der Waals surface area contributed by atoms with E-state index in [-0.39, 0.29) is 30.5 Å². The second kappa shape index (κ2) is 29.6. The molecule has 0 spiro atoms. The quantitative estimate of drug-likeness (QED) is 0.435. The maximum Gasteiger partial charge on any atom is 0.0786 e. The minimum absolute atomic E-state index is 0. The van der Waals surface area contributed by atoms with Crippen LogP contribution in [-0.4, -0.2) is 47.1 Å². The molecule has 0 aromatic carbocycles. The molecule has 152 valence electrons. The molecule has 0 aliphatic heterocycles. The first-order chi connectivity index (χ1) is 8.24. The number of hydrogen-bond donors (Lipinski definition) is 0. The minimum Gasteiger partial charge on any atom is -1.00 e. The van der Waals surface area contributed by atoms with Crippen molar-refractivity contribution in [1.29, 1.82) is 0 Å². The van der Waals surface area contributed by atoms with Gasteiger partial charge in [0.25, 0.3) is 0 Å². The Bertz CT molecular complexity index is 141. The second-order valence-electron chi connectivity index (χ2n) is 5.65.